The van der Waals surface area contributed by atoms with Gasteiger partial charge in [-0.3, -0.25) is 4.98 Å². The Balaban J connectivity index is 1.90. The Kier molecular flexibility index (Phi) is 3.72. The standard InChI is InChI=1S/C12H20N4/c1-9-6-14-10(2)12(16-9)15-8-11-4-3-5-13-7-11/h6,11,13H,3-5,7-8H2,1-2H3,(H,15,16). The van der Waals surface area contributed by atoms with Gasteiger partial charge in [0.05, 0.1) is 11.4 Å². The van der Waals surface area contributed by atoms with Gasteiger partial charge < -0.3 is 10.6 Å². The van der Waals surface area contributed by atoms with Crippen LogP contribution in [0.1, 0.15) is 24.2 Å². The summed E-state index contributed by atoms with van der Waals surface area (Å²) in [5.41, 5.74) is 1.95. The maximum Gasteiger partial charge on any atom is 0.147 e. The Morgan fingerprint density at radius 3 is 3.12 bits per heavy atom. The molecule has 0 bridgehead atoms. The SMILES string of the molecule is Cc1cnc(C)c(NCC2CCCNC2)n1. The van der Waals surface area contributed by atoms with E-state index >= 15 is 0 Å². The van der Waals surface area contributed by atoms with Crippen molar-refractivity contribution in [2.45, 2.75) is 26.7 Å². The predicted molar refractivity (Wildman–Crippen MR) is 65.6 cm³/mol. The first-order valence-corrected chi connectivity index (χ1v) is 6.00. The fraction of sp³-hybridized carbons (Fsp3) is 0.667. The van der Waals surface area contributed by atoms with Crippen LogP contribution in [0.15, 0.2) is 6.20 Å². The number of hydrogen-bond acceptors (Lipinski definition) is 4. The summed E-state index contributed by atoms with van der Waals surface area (Å²) < 4.78 is 0. The van der Waals surface area contributed by atoms with E-state index in [1.54, 1.807) is 0 Å². The lowest BCUT2D eigenvalue weighted by atomic mass is 10.00. The lowest BCUT2D eigenvalue weighted by Gasteiger charge is -2.23. The molecule has 0 aromatic carbocycles. The van der Waals surface area contributed by atoms with Gasteiger partial charge in [-0.2, -0.15) is 0 Å². The second kappa shape index (κ2) is 5.25. The summed E-state index contributed by atoms with van der Waals surface area (Å²) in [6, 6.07) is 0. The van der Waals surface area contributed by atoms with E-state index in [2.05, 4.69) is 20.6 Å². The van der Waals surface area contributed by atoms with Crippen LogP contribution in [0.5, 0.6) is 0 Å². The summed E-state index contributed by atoms with van der Waals surface area (Å²) in [5.74, 6) is 1.65. The molecule has 1 unspecified atom stereocenters. The molecule has 1 fully saturated rings. The number of piperidine rings is 1. The van der Waals surface area contributed by atoms with Crippen molar-refractivity contribution in [1.29, 1.82) is 0 Å². The number of rotatable bonds is 3. The molecule has 1 atom stereocenters. The Labute approximate surface area is 96.9 Å². The molecule has 1 aliphatic heterocycles. The average molecular weight is 220 g/mol. The molecule has 1 aromatic heterocycles. The molecule has 0 amide bonds. The number of nitrogens with one attached hydrogen (secondary N) is 2. The van der Waals surface area contributed by atoms with E-state index < -0.39 is 0 Å². The molecule has 88 valence electrons. The number of aromatic nitrogens is 2. The molecule has 2 rings (SSSR count). The minimum Gasteiger partial charge on any atom is -0.368 e. The highest BCUT2D eigenvalue weighted by Gasteiger charge is 2.13. The van der Waals surface area contributed by atoms with Gasteiger partial charge >= 0.3 is 0 Å². The fourth-order valence-corrected chi connectivity index (χ4v) is 2.04. The average Bonchev–Trinajstić information content (AvgIpc) is 2.32. The largest absolute Gasteiger partial charge is 0.368 e. The number of hydrogen-bond donors (Lipinski definition) is 2. The summed E-state index contributed by atoms with van der Waals surface area (Å²) in [7, 11) is 0. The molecule has 4 heteroatoms. The fourth-order valence-electron chi connectivity index (χ4n) is 2.04. The van der Waals surface area contributed by atoms with E-state index in [9.17, 15) is 0 Å². The van der Waals surface area contributed by atoms with E-state index in [0.717, 1.165) is 36.2 Å². The molecule has 1 aromatic rings. The van der Waals surface area contributed by atoms with Crippen molar-refractivity contribution in [3.8, 4) is 0 Å². The third-order valence-corrected chi connectivity index (χ3v) is 3.03. The van der Waals surface area contributed by atoms with Gasteiger partial charge in [0.25, 0.3) is 0 Å². The van der Waals surface area contributed by atoms with Crippen molar-refractivity contribution < 1.29 is 0 Å². The lowest BCUT2D eigenvalue weighted by molar-refractivity contribution is 0.392. The van der Waals surface area contributed by atoms with Gasteiger partial charge in [0.2, 0.25) is 0 Å². The topological polar surface area (TPSA) is 49.8 Å². The smallest absolute Gasteiger partial charge is 0.147 e. The van der Waals surface area contributed by atoms with Gasteiger partial charge in [0.15, 0.2) is 0 Å². The summed E-state index contributed by atoms with van der Waals surface area (Å²) >= 11 is 0. The third kappa shape index (κ3) is 2.92. The second-order valence-electron chi connectivity index (χ2n) is 4.54. The van der Waals surface area contributed by atoms with Crippen LogP contribution in [0.3, 0.4) is 0 Å². The number of anilines is 1. The third-order valence-electron chi connectivity index (χ3n) is 3.03. The van der Waals surface area contributed by atoms with E-state index in [-0.39, 0.29) is 0 Å². The highest BCUT2D eigenvalue weighted by atomic mass is 15.0. The van der Waals surface area contributed by atoms with Gasteiger partial charge in [0, 0.05) is 12.7 Å². The van der Waals surface area contributed by atoms with Gasteiger partial charge in [0.1, 0.15) is 5.82 Å². The molecule has 2 heterocycles. The Morgan fingerprint density at radius 2 is 2.38 bits per heavy atom. The van der Waals surface area contributed by atoms with E-state index in [0.29, 0.717) is 0 Å². The lowest BCUT2D eigenvalue weighted by Crippen LogP contribution is -2.33. The highest BCUT2D eigenvalue weighted by Crippen LogP contribution is 2.13. The van der Waals surface area contributed by atoms with Crippen molar-refractivity contribution in [1.82, 2.24) is 15.3 Å². The van der Waals surface area contributed by atoms with Crippen molar-refractivity contribution in [2.75, 3.05) is 25.0 Å². The van der Waals surface area contributed by atoms with Crippen LogP contribution < -0.4 is 10.6 Å². The Hall–Kier alpha value is -1.16. The van der Waals surface area contributed by atoms with Crippen LogP contribution in [-0.2, 0) is 0 Å². The van der Waals surface area contributed by atoms with Crippen LogP contribution in [0.4, 0.5) is 5.82 Å². The van der Waals surface area contributed by atoms with Gasteiger partial charge in [-0.1, -0.05) is 0 Å². The minimum atomic E-state index is 0.718. The minimum absolute atomic E-state index is 0.718. The van der Waals surface area contributed by atoms with Crippen molar-refractivity contribution in [2.24, 2.45) is 5.92 Å². The molecule has 1 saturated heterocycles. The molecule has 0 aliphatic carbocycles. The van der Waals surface area contributed by atoms with Crippen LogP contribution in [-0.4, -0.2) is 29.6 Å². The Morgan fingerprint density at radius 1 is 1.50 bits per heavy atom. The summed E-state index contributed by atoms with van der Waals surface area (Å²) in [4.78, 5) is 8.76. The quantitative estimate of drug-likeness (QED) is 0.810. The maximum atomic E-state index is 4.46. The molecule has 0 saturated carbocycles. The van der Waals surface area contributed by atoms with Gasteiger partial charge in [-0.15, -0.1) is 0 Å². The van der Waals surface area contributed by atoms with Gasteiger partial charge in [-0.05, 0) is 45.7 Å². The first kappa shape index (κ1) is 11.3. The molecule has 0 radical (unpaired) electrons. The molecular formula is C12H20N4. The van der Waals surface area contributed by atoms with Crippen LogP contribution in [0.25, 0.3) is 0 Å². The summed E-state index contributed by atoms with van der Waals surface area (Å²) in [5, 5.41) is 6.83. The molecule has 16 heavy (non-hydrogen) atoms. The van der Waals surface area contributed by atoms with Crippen LogP contribution in [0.2, 0.25) is 0 Å². The van der Waals surface area contributed by atoms with Crippen molar-refractivity contribution in [3.63, 3.8) is 0 Å². The van der Waals surface area contributed by atoms with Crippen LogP contribution >= 0.6 is 0 Å². The highest BCUT2D eigenvalue weighted by molar-refractivity contribution is 5.39. The molecular weight excluding hydrogens is 200 g/mol. The van der Waals surface area contributed by atoms with E-state index in [1.165, 1.54) is 19.4 Å². The zero-order valence-electron chi connectivity index (χ0n) is 10.1. The molecule has 0 spiro atoms. The maximum absolute atomic E-state index is 4.46. The summed E-state index contributed by atoms with van der Waals surface area (Å²) in [6.45, 7) is 7.24. The van der Waals surface area contributed by atoms with Crippen LogP contribution in [0, 0.1) is 19.8 Å². The van der Waals surface area contributed by atoms with E-state index in [1.807, 2.05) is 20.0 Å². The zero-order chi connectivity index (χ0) is 11.4. The second-order valence-corrected chi connectivity index (χ2v) is 4.54. The summed E-state index contributed by atoms with van der Waals surface area (Å²) in [6.07, 6.45) is 4.39. The molecule has 1 aliphatic rings. The van der Waals surface area contributed by atoms with E-state index in [4.69, 9.17) is 0 Å². The van der Waals surface area contributed by atoms with Gasteiger partial charge in [-0.25, -0.2) is 4.98 Å². The van der Waals surface area contributed by atoms with Crippen molar-refractivity contribution in [3.05, 3.63) is 17.6 Å². The Bertz CT molecular complexity index is 345. The first-order valence-electron chi connectivity index (χ1n) is 6.00. The molecule has 4 nitrogen and oxygen atoms in total. The van der Waals surface area contributed by atoms with Crippen molar-refractivity contribution >= 4 is 5.82 Å². The number of nitrogens with zero attached hydrogens (tertiary/aromatic N) is 2. The predicted octanol–water partition coefficient (Wildman–Crippen LogP) is 1.50. The molecule has 2 N–H and O–H groups in total. The first-order chi connectivity index (χ1) is 7.75. The normalized spacial score (nSPS) is 20.8. The monoisotopic (exact) mass is 220 g/mol. The zero-order valence-corrected chi connectivity index (χ0v) is 10.1. The number of aryl methyl sites for hydroxylation is 2.